The fraction of sp³-hybridized carbons (Fsp3) is 0.571. The van der Waals surface area contributed by atoms with Gasteiger partial charge in [0.25, 0.3) is 0 Å². The highest BCUT2D eigenvalue weighted by Crippen LogP contribution is 2.49. The van der Waals surface area contributed by atoms with Crippen LogP contribution in [0.3, 0.4) is 0 Å². The molecule has 3 heteroatoms. The lowest BCUT2D eigenvalue weighted by Crippen LogP contribution is -2.38. The van der Waals surface area contributed by atoms with E-state index in [0.717, 1.165) is 13.0 Å². The summed E-state index contributed by atoms with van der Waals surface area (Å²) < 4.78 is 0. The molecule has 0 radical (unpaired) electrons. The molecule has 0 spiro atoms. The van der Waals surface area contributed by atoms with Crippen molar-refractivity contribution in [1.82, 2.24) is 5.32 Å². The number of halogens is 2. The van der Waals surface area contributed by atoms with Crippen LogP contribution in [-0.2, 0) is 6.42 Å². The topological polar surface area (TPSA) is 12.0 Å². The van der Waals surface area contributed by atoms with E-state index in [1.54, 1.807) is 0 Å². The van der Waals surface area contributed by atoms with Gasteiger partial charge in [-0.25, -0.2) is 0 Å². The standard InChI is InChI=1S/C14H19Cl2N/c1-3-17-13(14(2)6-7-14)9-10-4-5-11(15)12(16)8-10/h4-5,8,13,17H,3,6-7,9H2,1-2H3. The maximum atomic E-state index is 6.05. The minimum Gasteiger partial charge on any atom is -0.313 e. The minimum absolute atomic E-state index is 0.474. The minimum atomic E-state index is 0.474. The predicted octanol–water partition coefficient (Wildman–Crippen LogP) is 4.31. The second-order valence-electron chi connectivity index (χ2n) is 5.22. The monoisotopic (exact) mass is 271 g/mol. The molecule has 0 aromatic heterocycles. The Bertz CT molecular complexity index is 399. The van der Waals surface area contributed by atoms with Crippen LogP contribution in [-0.4, -0.2) is 12.6 Å². The third kappa shape index (κ3) is 3.15. The van der Waals surface area contributed by atoms with Crippen molar-refractivity contribution in [3.05, 3.63) is 33.8 Å². The van der Waals surface area contributed by atoms with Gasteiger partial charge in [-0.1, -0.05) is 43.1 Å². The van der Waals surface area contributed by atoms with Gasteiger partial charge in [0.05, 0.1) is 10.0 Å². The molecule has 17 heavy (non-hydrogen) atoms. The summed E-state index contributed by atoms with van der Waals surface area (Å²) in [6.45, 7) is 5.53. The van der Waals surface area contributed by atoms with Gasteiger partial charge in [-0.15, -0.1) is 0 Å². The highest BCUT2D eigenvalue weighted by Gasteiger charge is 2.44. The molecule has 0 heterocycles. The van der Waals surface area contributed by atoms with Crippen LogP contribution in [0.5, 0.6) is 0 Å². The smallest absolute Gasteiger partial charge is 0.0595 e. The first-order valence-electron chi connectivity index (χ1n) is 6.22. The van der Waals surface area contributed by atoms with Crippen molar-refractivity contribution < 1.29 is 0 Å². The van der Waals surface area contributed by atoms with E-state index in [0.29, 0.717) is 21.5 Å². The lowest BCUT2D eigenvalue weighted by molar-refractivity contribution is 0.360. The molecule has 1 N–H and O–H groups in total. The van der Waals surface area contributed by atoms with Gasteiger partial charge in [0, 0.05) is 6.04 Å². The molecule has 1 fully saturated rings. The van der Waals surface area contributed by atoms with Crippen LogP contribution in [0, 0.1) is 5.41 Å². The molecule has 1 atom stereocenters. The zero-order valence-corrected chi connectivity index (χ0v) is 11.9. The molecule has 0 bridgehead atoms. The maximum Gasteiger partial charge on any atom is 0.0595 e. The number of hydrogen-bond acceptors (Lipinski definition) is 1. The van der Waals surface area contributed by atoms with Gasteiger partial charge in [-0.3, -0.25) is 0 Å². The van der Waals surface area contributed by atoms with Crippen molar-refractivity contribution in [3.63, 3.8) is 0 Å². The second-order valence-corrected chi connectivity index (χ2v) is 6.03. The molecular formula is C14H19Cl2N. The fourth-order valence-corrected chi connectivity index (χ4v) is 2.58. The van der Waals surface area contributed by atoms with Crippen molar-refractivity contribution >= 4 is 23.2 Å². The highest BCUT2D eigenvalue weighted by molar-refractivity contribution is 6.42. The van der Waals surface area contributed by atoms with Crippen LogP contribution in [0.25, 0.3) is 0 Å². The summed E-state index contributed by atoms with van der Waals surface area (Å²) in [5.41, 5.74) is 1.74. The van der Waals surface area contributed by atoms with E-state index in [1.165, 1.54) is 18.4 Å². The molecule has 1 saturated carbocycles. The van der Waals surface area contributed by atoms with Gasteiger partial charge < -0.3 is 5.32 Å². The fourth-order valence-electron chi connectivity index (χ4n) is 2.26. The summed E-state index contributed by atoms with van der Waals surface area (Å²) in [4.78, 5) is 0. The van der Waals surface area contributed by atoms with E-state index < -0.39 is 0 Å². The molecule has 1 aromatic rings. The summed E-state index contributed by atoms with van der Waals surface area (Å²) in [5, 5.41) is 4.88. The Morgan fingerprint density at radius 3 is 2.53 bits per heavy atom. The molecule has 0 saturated heterocycles. The van der Waals surface area contributed by atoms with E-state index in [9.17, 15) is 0 Å². The first kappa shape index (κ1) is 13.2. The molecule has 1 aliphatic carbocycles. The van der Waals surface area contributed by atoms with E-state index in [-0.39, 0.29) is 0 Å². The average Bonchev–Trinajstić information content (AvgIpc) is 3.03. The molecule has 0 aliphatic heterocycles. The van der Waals surface area contributed by atoms with Gasteiger partial charge in [0.2, 0.25) is 0 Å². The lowest BCUT2D eigenvalue weighted by Gasteiger charge is -2.24. The largest absolute Gasteiger partial charge is 0.313 e. The SMILES string of the molecule is CCNC(Cc1ccc(Cl)c(Cl)c1)C1(C)CC1. The molecule has 94 valence electrons. The number of likely N-dealkylation sites (N-methyl/N-ethyl adjacent to an activating group) is 1. The summed E-state index contributed by atoms with van der Waals surface area (Å²) >= 11 is 12.0. The highest BCUT2D eigenvalue weighted by atomic mass is 35.5. The van der Waals surface area contributed by atoms with Crippen LogP contribution >= 0.6 is 23.2 Å². The van der Waals surface area contributed by atoms with Gasteiger partial charge in [-0.2, -0.15) is 0 Å². The summed E-state index contributed by atoms with van der Waals surface area (Å²) in [6, 6.07) is 6.49. The maximum absolute atomic E-state index is 6.05. The van der Waals surface area contributed by atoms with Crippen molar-refractivity contribution in [2.24, 2.45) is 5.41 Å². The molecule has 2 rings (SSSR count). The van der Waals surface area contributed by atoms with Crippen LogP contribution in [0.2, 0.25) is 10.0 Å². The summed E-state index contributed by atoms with van der Waals surface area (Å²) in [5.74, 6) is 0. The molecule has 1 aliphatic rings. The molecule has 1 unspecified atom stereocenters. The Morgan fingerprint density at radius 2 is 2.00 bits per heavy atom. The zero-order chi connectivity index (χ0) is 12.5. The molecule has 0 amide bonds. The zero-order valence-electron chi connectivity index (χ0n) is 10.4. The molecule has 1 nitrogen and oxygen atoms in total. The lowest BCUT2D eigenvalue weighted by atomic mass is 9.92. The Balaban J connectivity index is 2.09. The van der Waals surface area contributed by atoms with Gasteiger partial charge >= 0.3 is 0 Å². The predicted molar refractivity (Wildman–Crippen MR) is 75.0 cm³/mol. The third-order valence-corrected chi connectivity index (χ3v) is 4.49. The van der Waals surface area contributed by atoms with E-state index >= 15 is 0 Å². The van der Waals surface area contributed by atoms with E-state index in [4.69, 9.17) is 23.2 Å². The molecular weight excluding hydrogens is 253 g/mol. The number of benzene rings is 1. The van der Waals surface area contributed by atoms with Crippen molar-refractivity contribution in [3.8, 4) is 0 Å². The van der Waals surface area contributed by atoms with Crippen molar-refractivity contribution in [1.29, 1.82) is 0 Å². The van der Waals surface area contributed by atoms with E-state index in [1.807, 2.05) is 12.1 Å². The quantitative estimate of drug-likeness (QED) is 0.842. The number of hydrogen-bond donors (Lipinski definition) is 1. The van der Waals surface area contributed by atoms with E-state index in [2.05, 4.69) is 25.2 Å². The Hall–Kier alpha value is -0.240. The van der Waals surface area contributed by atoms with Crippen LogP contribution in [0.15, 0.2) is 18.2 Å². The third-order valence-electron chi connectivity index (χ3n) is 3.75. The second kappa shape index (κ2) is 5.17. The average molecular weight is 272 g/mol. The van der Waals surface area contributed by atoms with Gasteiger partial charge in [0.15, 0.2) is 0 Å². The van der Waals surface area contributed by atoms with Crippen molar-refractivity contribution in [2.45, 2.75) is 39.2 Å². The summed E-state index contributed by atoms with van der Waals surface area (Å²) in [6.07, 6.45) is 3.68. The Labute approximate surface area is 114 Å². The van der Waals surface area contributed by atoms with Crippen LogP contribution in [0.1, 0.15) is 32.3 Å². The Kier molecular flexibility index (Phi) is 4.02. The van der Waals surface area contributed by atoms with Crippen LogP contribution in [0.4, 0.5) is 0 Å². The normalized spacial score (nSPS) is 19.1. The van der Waals surface area contributed by atoms with Gasteiger partial charge in [-0.05, 0) is 48.9 Å². The molecule has 1 aromatic carbocycles. The number of rotatable bonds is 5. The van der Waals surface area contributed by atoms with Crippen molar-refractivity contribution in [2.75, 3.05) is 6.54 Å². The Morgan fingerprint density at radius 1 is 1.29 bits per heavy atom. The first-order valence-corrected chi connectivity index (χ1v) is 6.98. The van der Waals surface area contributed by atoms with Crippen LogP contribution < -0.4 is 5.32 Å². The first-order chi connectivity index (χ1) is 8.05. The summed E-state index contributed by atoms with van der Waals surface area (Å²) in [7, 11) is 0. The van der Waals surface area contributed by atoms with Gasteiger partial charge in [0.1, 0.15) is 0 Å². The number of nitrogens with one attached hydrogen (secondary N) is 1.